The van der Waals surface area contributed by atoms with E-state index >= 15 is 0 Å². The first kappa shape index (κ1) is 21.3. The van der Waals surface area contributed by atoms with Crippen LogP contribution in [-0.4, -0.2) is 39.0 Å². The third-order valence-electron chi connectivity index (χ3n) is 4.29. The number of imidazole rings is 1. The molecule has 12 heteroatoms. The average molecular weight is 460 g/mol. The van der Waals surface area contributed by atoms with Gasteiger partial charge in [-0.3, -0.25) is 14.5 Å². The molecule has 0 radical (unpaired) electrons. The van der Waals surface area contributed by atoms with Crippen LogP contribution < -0.4 is 16.0 Å². The van der Waals surface area contributed by atoms with Crippen LogP contribution in [0.25, 0.3) is 16.9 Å². The largest absolute Gasteiger partial charge is 0.405 e. The molecule has 0 unspecified atom stereocenters. The average Bonchev–Trinajstić information content (AvgIpc) is 3.41. The number of anilines is 2. The zero-order chi connectivity index (χ0) is 22.7. The Bertz CT molecular complexity index is 1270. The summed E-state index contributed by atoms with van der Waals surface area (Å²) in [7, 11) is 0. The number of thiazole rings is 1. The van der Waals surface area contributed by atoms with Gasteiger partial charge < -0.3 is 10.6 Å². The number of hydrogen-bond donors (Lipinski definition) is 3. The molecule has 32 heavy (non-hydrogen) atoms. The van der Waals surface area contributed by atoms with Gasteiger partial charge in [-0.25, -0.2) is 14.8 Å². The minimum atomic E-state index is -4.49. The summed E-state index contributed by atoms with van der Waals surface area (Å²) in [6.45, 7) is -1.43. The van der Waals surface area contributed by atoms with Crippen molar-refractivity contribution in [3.05, 3.63) is 65.9 Å². The van der Waals surface area contributed by atoms with E-state index < -0.39 is 18.8 Å². The van der Waals surface area contributed by atoms with Crippen LogP contribution in [0.15, 0.2) is 60.4 Å². The molecule has 0 bridgehead atoms. The van der Waals surface area contributed by atoms with Crippen LogP contribution in [0.2, 0.25) is 0 Å². The number of nitrogens with one attached hydrogen (secondary N) is 3. The van der Waals surface area contributed by atoms with Crippen molar-refractivity contribution >= 4 is 39.7 Å². The lowest BCUT2D eigenvalue weighted by Gasteiger charge is -2.11. The number of aromatic nitrogens is 3. The molecule has 8 nitrogen and oxygen atoms in total. The number of alkyl halides is 3. The summed E-state index contributed by atoms with van der Waals surface area (Å²) in [5.74, 6) is -0.317. The van der Waals surface area contributed by atoms with Gasteiger partial charge >= 0.3 is 12.2 Å². The predicted octanol–water partition coefficient (Wildman–Crippen LogP) is 4.39. The van der Waals surface area contributed by atoms with Crippen LogP contribution >= 0.6 is 11.3 Å². The number of amides is 3. The van der Waals surface area contributed by atoms with Crippen LogP contribution in [0, 0.1) is 0 Å². The summed E-state index contributed by atoms with van der Waals surface area (Å²) in [5, 5.41) is 9.07. The maximum atomic E-state index is 12.4. The Kier molecular flexibility index (Phi) is 5.77. The van der Waals surface area contributed by atoms with Crippen molar-refractivity contribution < 1.29 is 22.8 Å². The van der Waals surface area contributed by atoms with Gasteiger partial charge in [-0.05, 0) is 24.3 Å². The number of carbonyl (C=O) groups excluding carboxylic acids is 2. The van der Waals surface area contributed by atoms with Crippen molar-refractivity contribution in [3.8, 4) is 11.3 Å². The van der Waals surface area contributed by atoms with Gasteiger partial charge in [-0.2, -0.15) is 13.2 Å². The van der Waals surface area contributed by atoms with Gasteiger partial charge in [0.2, 0.25) is 0 Å². The fourth-order valence-electron chi connectivity index (χ4n) is 2.90. The van der Waals surface area contributed by atoms with E-state index in [0.717, 1.165) is 0 Å². The number of urea groups is 1. The minimum Gasteiger partial charge on any atom is -0.329 e. The molecule has 0 saturated carbocycles. The van der Waals surface area contributed by atoms with E-state index in [2.05, 4.69) is 20.6 Å². The second-order valence-corrected chi connectivity index (χ2v) is 7.48. The van der Waals surface area contributed by atoms with Crippen LogP contribution in [0.5, 0.6) is 0 Å². The number of fused-ring (bicyclic) bond motifs is 1. The molecule has 164 valence electrons. The molecule has 0 aliphatic rings. The highest BCUT2D eigenvalue weighted by atomic mass is 32.1. The fourth-order valence-corrected chi connectivity index (χ4v) is 3.43. The van der Waals surface area contributed by atoms with Crippen LogP contribution in [-0.2, 0) is 0 Å². The molecule has 4 rings (SSSR count). The van der Waals surface area contributed by atoms with E-state index in [9.17, 15) is 22.8 Å². The molecule has 3 N–H and O–H groups in total. The molecule has 0 aliphatic heterocycles. The Morgan fingerprint density at radius 3 is 2.69 bits per heavy atom. The van der Waals surface area contributed by atoms with E-state index in [0.29, 0.717) is 33.3 Å². The van der Waals surface area contributed by atoms with Crippen LogP contribution in [0.4, 0.5) is 28.8 Å². The molecule has 0 saturated heterocycles. The Morgan fingerprint density at radius 1 is 1.09 bits per heavy atom. The molecule has 0 aliphatic carbocycles. The van der Waals surface area contributed by atoms with Crippen molar-refractivity contribution in [2.45, 2.75) is 6.18 Å². The summed E-state index contributed by atoms with van der Waals surface area (Å²) < 4.78 is 38.5. The molecular formula is C20H15F3N6O2S. The summed E-state index contributed by atoms with van der Waals surface area (Å²) in [5.41, 5.74) is 2.59. The van der Waals surface area contributed by atoms with Gasteiger partial charge in [0.05, 0.1) is 11.9 Å². The third kappa shape index (κ3) is 5.03. The summed E-state index contributed by atoms with van der Waals surface area (Å²) >= 11 is 1.31. The first-order valence-corrected chi connectivity index (χ1v) is 10.1. The van der Waals surface area contributed by atoms with Crippen molar-refractivity contribution in [3.63, 3.8) is 0 Å². The number of pyridine rings is 1. The maximum absolute atomic E-state index is 12.4. The van der Waals surface area contributed by atoms with E-state index in [1.54, 1.807) is 70.1 Å². The van der Waals surface area contributed by atoms with E-state index in [4.69, 9.17) is 0 Å². The molecule has 0 spiro atoms. The number of carbonyl (C=O) groups is 2. The van der Waals surface area contributed by atoms with E-state index in [1.807, 2.05) is 0 Å². The number of nitrogens with zero attached hydrogens (tertiary/aromatic N) is 3. The lowest BCUT2D eigenvalue weighted by Crippen LogP contribution is -2.36. The van der Waals surface area contributed by atoms with Crippen molar-refractivity contribution in [2.75, 3.05) is 17.2 Å². The van der Waals surface area contributed by atoms with E-state index in [1.165, 1.54) is 11.3 Å². The summed E-state index contributed by atoms with van der Waals surface area (Å²) in [6.07, 6.45) is 0.379. The third-order valence-corrected chi connectivity index (χ3v) is 4.98. The van der Waals surface area contributed by atoms with Gasteiger partial charge in [0, 0.05) is 34.6 Å². The molecule has 0 fully saturated rings. The molecule has 4 aromatic rings. The molecule has 1 aromatic carbocycles. The number of benzene rings is 1. The Labute approximate surface area is 183 Å². The zero-order valence-electron chi connectivity index (χ0n) is 16.2. The van der Waals surface area contributed by atoms with Gasteiger partial charge in [-0.1, -0.05) is 12.1 Å². The Balaban J connectivity index is 1.52. The van der Waals surface area contributed by atoms with Crippen molar-refractivity contribution in [1.82, 2.24) is 19.7 Å². The normalized spacial score (nSPS) is 11.3. The van der Waals surface area contributed by atoms with Gasteiger partial charge in [-0.15, -0.1) is 11.3 Å². The quantitative estimate of drug-likeness (QED) is 0.411. The molecular weight excluding hydrogens is 445 g/mol. The lowest BCUT2D eigenvalue weighted by atomic mass is 10.1. The molecule has 3 heterocycles. The number of rotatable bonds is 5. The molecule has 0 atom stereocenters. The SMILES string of the molecule is O=C(NCC(F)(F)F)Nc1cccc(-c2cnc3cc(C(=O)Nc4nccs4)ccn23)c1. The Hall–Kier alpha value is -3.93. The van der Waals surface area contributed by atoms with Gasteiger partial charge in [0.25, 0.3) is 5.91 Å². The van der Waals surface area contributed by atoms with Crippen LogP contribution in [0.1, 0.15) is 10.4 Å². The van der Waals surface area contributed by atoms with Gasteiger partial charge in [0.15, 0.2) is 5.13 Å². The highest BCUT2D eigenvalue weighted by molar-refractivity contribution is 7.13. The van der Waals surface area contributed by atoms with Crippen LogP contribution in [0.3, 0.4) is 0 Å². The Morgan fingerprint density at radius 2 is 1.94 bits per heavy atom. The fraction of sp³-hybridized carbons (Fsp3) is 0.100. The molecule has 3 amide bonds. The minimum absolute atomic E-state index is 0.316. The topological polar surface area (TPSA) is 100 Å². The van der Waals surface area contributed by atoms with Crippen molar-refractivity contribution in [2.24, 2.45) is 0 Å². The summed E-state index contributed by atoms with van der Waals surface area (Å²) in [4.78, 5) is 32.4. The monoisotopic (exact) mass is 460 g/mol. The van der Waals surface area contributed by atoms with Gasteiger partial charge in [0.1, 0.15) is 12.2 Å². The van der Waals surface area contributed by atoms with Crippen molar-refractivity contribution in [1.29, 1.82) is 0 Å². The number of halogens is 3. The first-order chi connectivity index (χ1) is 15.3. The predicted molar refractivity (Wildman–Crippen MR) is 114 cm³/mol. The number of hydrogen-bond acceptors (Lipinski definition) is 5. The maximum Gasteiger partial charge on any atom is 0.405 e. The highest BCUT2D eigenvalue weighted by Crippen LogP contribution is 2.24. The smallest absolute Gasteiger partial charge is 0.329 e. The zero-order valence-corrected chi connectivity index (χ0v) is 17.0. The highest BCUT2D eigenvalue weighted by Gasteiger charge is 2.27. The lowest BCUT2D eigenvalue weighted by molar-refractivity contribution is -0.122. The first-order valence-electron chi connectivity index (χ1n) is 9.18. The molecule has 3 aromatic heterocycles. The standard InChI is InChI=1S/C20H15F3N6O2S/c21-20(22,23)11-26-18(31)27-14-3-1-2-12(8-14)15-10-25-16-9-13(4-6-29(15)16)17(30)28-19-24-5-7-32-19/h1-10H,11H2,(H,24,28,30)(H2,26,27,31). The second kappa shape index (κ2) is 8.67. The second-order valence-electron chi connectivity index (χ2n) is 6.58. The van der Waals surface area contributed by atoms with E-state index in [-0.39, 0.29) is 5.91 Å². The summed E-state index contributed by atoms with van der Waals surface area (Å²) in [6, 6.07) is 8.89.